The molecular formula is C15H15ClN4O3S. The van der Waals surface area contributed by atoms with Gasteiger partial charge in [-0.15, -0.1) is 0 Å². The van der Waals surface area contributed by atoms with Crippen LogP contribution in [0.25, 0.3) is 0 Å². The largest absolute Gasteiger partial charge is 0.399 e. The molecule has 1 amide bonds. The van der Waals surface area contributed by atoms with E-state index in [0.717, 1.165) is 11.6 Å². The van der Waals surface area contributed by atoms with Crippen molar-refractivity contribution in [2.75, 3.05) is 5.73 Å². The monoisotopic (exact) mass is 366 g/mol. The zero-order valence-corrected chi connectivity index (χ0v) is 14.2. The molecule has 2 rings (SSSR count). The van der Waals surface area contributed by atoms with Crippen molar-refractivity contribution in [2.45, 2.75) is 11.8 Å². The highest BCUT2D eigenvalue weighted by Crippen LogP contribution is 2.21. The van der Waals surface area contributed by atoms with E-state index in [4.69, 9.17) is 22.5 Å². The number of nitrogens with two attached hydrogens (primary N) is 2. The highest BCUT2D eigenvalue weighted by molar-refractivity contribution is 7.89. The van der Waals surface area contributed by atoms with Gasteiger partial charge < -0.3 is 5.73 Å². The minimum absolute atomic E-state index is 0.0616. The van der Waals surface area contributed by atoms with E-state index < -0.39 is 15.9 Å². The van der Waals surface area contributed by atoms with Gasteiger partial charge in [0.15, 0.2) is 0 Å². The van der Waals surface area contributed by atoms with Crippen LogP contribution in [0.5, 0.6) is 0 Å². The van der Waals surface area contributed by atoms with Crippen LogP contribution in [-0.4, -0.2) is 20.0 Å². The van der Waals surface area contributed by atoms with Gasteiger partial charge >= 0.3 is 0 Å². The first-order valence-corrected chi connectivity index (χ1v) is 8.64. The van der Waals surface area contributed by atoms with Gasteiger partial charge in [-0.1, -0.05) is 23.7 Å². The lowest BCUT2D eigenvalue weighted by molar-refractivity contribution is 0.0954. The van der Waals surface area contributed by atoms with Crippen LogP contribution in [0.4, 0.5) is 5.69 Å². The summed E-state index contributed by atoms with van der Waals surface area (Å²) in [5.74, 6) is -0.597. The fourth-order valence-corrected chi connectivity index (χ4v) is 2.96. The number of nitrogens with zero attached hydrogens (tertiary/aromatic N) is 1. The third-order valence-electron chi connectivity index (χ3n) is 3.13. The Balaban J connectivity index is 2.23. The standard InChI is InChI=1S/C15H15ClN4O3S/c1-9(10-3-2-4-12(17)7-10)19-20-15(21)11-5-6-13(16)14(8-11)24(18,22)23/h2-8H,17H2,1H3,(H,20,21)(H2,18,22,23)/b19-9-. The van der Waals surface area contributed by atoms with Gasteiger partial charge in [-0.05, 0) is 42.8 Å². The molecule has 0 aliphatic carbocycles. The molecule has 0 aliphatic heterocycles. The number of primary sulfonamides is 1. The van der Waals surface area contributed by atoms with Crippen molar-refractivity contribution in [2.24, 2.45) is 10.2 Å². The number of carbonyl (C=O) groups excluding carboxylic acids is 1. The molecule has 0 atom stereocenters. The number of rotatable bonds is 4. The van der Waals surface area contributed by atoms with Crippen LogP contribution in [0.1, 0.15) is 22.8 Å². The molecule has 5 N–H and O–H groups in total. The molecule has 2 aromatic carbocycles. The third-order valence-corrected chi connectivity index (χ3v) is 4.52. The first-order chi connectivity index (χ1) is 11.2. The predicted molar refractivity (Wildman–Crippen MR) is 93.4 cm³/mol. The van der Waals surface area contributed by atoms with Gasteiger partial charge in [0, 0.05) is 11.3 Å². The van der Waals surface area contributed by atoms with Crippen molar-refractivity contribution >= 4 is 38.9 Å². The normalized spacial score (nSPS) is 12.0. The molecule has 0 saturated carbocycles. The molecule has 24 heavy (non-hydrogen) atoms. The van der Waals surface area contributed by atoms with E-state index in [2.05, 4.69) is 10.5 Å². The van der Waals surface area contributed by atoms with E-state index in [9.17, 15) is 13.2 Å². The average Bonchev–Trinajstić information content (AvgIpc) is 2.51. The van der Waals surface area contributed by atoms with E-state index in [1.807, 2.05) is 0 Å². The summed E-state index contributed by atoms with van der Waals surface area (Å²) in [6.45, 7) is 1.70. The van der Waals surface area contributed by atoms with Gasteiger partial charge in [-0.2, -0.15) is 5.10 Å². The second-order valence-corrected chi connectivity index (χ2v) is 6.89. The first kappa shape index (κ1) is 17.9. The Labute approximate surface area is 144 Å². The Kier molecular flexibility index (Phi) is 5.23. The van der Waals surface area contributed by atoms with Crippen molar-refractivity contribution in [3.63, 3.8) is 0 Å². The van der Waals surface area contributed by atoms with Crippen LogP contribution in [-0.2, 0) is 10.0 Å². The number of hydrogen-bond donors (Lipinski definition) is 3. The Hall–Kier alpha value is -2.42. The van der Waals surface area contributed by atoms with Gasteiger partial charge in [-0.25, -0.2) is 19.0 Å². The molecule has 0 heterocycles. The van der Waals surface area contributed by atoms with Gasteiger partial charge in [0.1, 0.15) is 4.90 Å². The summed E-state index contributed by atoms with van der Waals surface area (Å²) in [4.78, 5) is 11.8. The zero-order chi connectivity index (χ0) is 17.9. The quantitative estimate of drug-likeness (QED) is 0.432. The Morgan fingerprint density at radius 2 is 1.88 bits per heavy atom. The lowest BCUT2D eigenvalue weighted by Gasteiger charge is -2.06. The molecule has 0 aliphatic rings. The number of carbonyl (C=O) groups is 1. The van der Waals surface area contributed by atoms with Crippen LogP contribution in [0, 0.1) is 0 Å². The Bertz CT molecular complexity index is 926. The number of nitrogens with one attached hydrogen (secondary N) is 1. The average molecular weight is 367 g/mol. The van der Waals surface area contributed by atoms with Crippen LogP contribution >= 0.6 is 11.6 Å². The SMILES string of the molecule is C/C(=N/NC(=O)c1ccc(Cl)c(S(N)(=O)=O)c1)c1cccc(N)c1. The minimum Gasteiger partial charge on any atom is -0.399 e. The summed E-state index contributed by atoms with van der Waals surface area (Å²) in [5, 5.41) is 8.97. The molecule has 0 unspecified atom stereocenters. The third kappa shape index (κ3) is 4.31. The summed E-state index contributed by atoms with van der Waals surface area (Å²) in [6, 6.07) is 10.8. The Morgan fingerprint density at radius 1 is 1.17 bits per heavy atom. The lowest BCUT2D eigenvalue weighted by atomic mass is 10.1. The highest BCUT2D eigenvalue weighted by Gasteiger charge is 2.16. The van der Waals surface area contributed by atoms with Crippen molar-refractivity contribution in [1.29, 1.82) is 0 Å². The number of anilines is 1. The molecule has 2 aromatic rings. The van der Waals surface area contributed by atoms with E-state index in [1.165, 1.54) is 12.1 Å². The van der Waals surface area contributed by atoms with Gasteiger partial charge in [0.25, 0.3) is 5.91 Å². The highest BCUT2D eigenvalue weighted by atomic mass is 35.5. The molecule has 0 spiro atoms. The molecule has 0 bridgehead atoms. The first-order valence-electron chi connectivity index (χ1n) is 6.71. The van der Waals surface area contributed by atoms with E-state index >= 15 is 0 Å². The molecule has 7 nitrogen and oxygen atoms in total. The number of sulfonamides is 1. The summed E-state index contributed by atoms with van der Waals surface area (Å²) in [5.41, 5.74) is 9.96. The number of hydrazone groups is 1. The molecule has 0 saturated heterocycles. The van der Waals surface area contributed by atoms with Crippen molar-refractivity contribution in [1.82, 2.24) is 5.43 Å². The number of hydrogen-bond acceptors (Lipinski definition) is 5. The van der Waals surface area contributed by atoms with Crippen LogP contribution in [0.2, 0.25) is 5.02 Å². The minimum atomic E-state index is -4.03. The number of halogens is 1. The van der Waals surface area contributed by atoms with E-state index in [0.29, 0.717) is 11.4 Å². The molecule has 0 fully saturated rings. The molecule has 126 valence electrons. The summed E-state index contributed by atoms with van der Waals surface area (Å²) in [6.07, 6.45) is 0. The van der Waals surface area contributed by atoms with Crippen LogP contribution in [0.15, 0.2) is 52.5 Å². The fourth-order valence-electron chi connectivity index (χ4n) is 1.89. The van der Waals surface area contributed by atoms with Gasteiger partial charge in [0.05, 0.1) is 10.7 Å². The van der Waals surface area contributed by atoms with Gasteiger partial charge in [-0.3, -0.25) is 4.79 Å². The second-order valence-electron chi connectivity index (χ2n) is 4.95. The second kappa shape index (κ2) is 7.00. The number of nitrogen functional groups attached to an aromatic ring is 1. The smallest absolute Gasteiger partial charge is 0.271 e. The summed E-state index contributed by atoms with van der Waals surface area (Å²) >= 11 is 5.78. The number of benzene rings is 2. The Morgan fingerprint density at radius 3 is 2.50 bits per heavy atom. The lowest BCUT2D eigenvalue weighted by Crippen LogP contribution is -2.20. The zero-order valence-electron chi connectivity index (χ0n) is 12.7. The van der Waals surface area contributed by atoms with Crippen molar-refractivity contribution in [3.8, 4) is 0 Å². The molecule has 0 radical (unpaired) electrons. The predicted octanol–water partition coefficient (Wildman–Crippen LogP) is 1.72. The van der Waals surface area contributed by atoms with Crippen molar-refractivity contribution < 1.29 is 13.2 Å². The van der Waals surface area contributed by atoms with Gasteiger partial charge in [0.2, 0.25) is 10.0 Å². The van der Waals surface area contributed by atoms with Crippen molar-refractivity contribution in [3.05, 3.63) is 58.6 Å². The molecule has 9 heteroatoms. The number of amides is 1. The van der Waals surface area contributed by atoms with Crippen LogP contribution in [0.3, 0.4) is 0 Å². The molecular weight excluding hydrogens is 352 g/mol. The van der Waals surface area contributed by atoms with Crippen LogP contribution < -0.4 is 16.3 Å². The summed E-state index contributed by atoms with van der Waals surface area (Å²) < 4.78 is 22.9. The summed E-state index contributed by atoms with van der Waals surface area (Å²) in [7, 11) is -4.03. The maximum absolute atomic E-state index is 12.1. The van der Waals surface area contributed by atoms with E-state index in [-0.39, 0.29) is 15.5 Å². The van der Waals surface area contributed by atoms with E-state index in [1.54, 1.807) is 31.2 Å². The maximum atomic E-state index is 12.1. The fraction of sp³-hybridized carbons (Fsp3) is 0.0667. The topological polar surface area (TPSA) is 128 Å². The maximum Gasteiger partial charge on any atom is 0.271 e. The molecule has 0 aromatic heterocycles.